The minimum atomic E-state index is -0.926. The van der Waals surface area contributed by atoms with E-state index in [1.165, 1.54) is 5.69 Å². The van der Waals surface area contributed by atoms with E-state index < -0.39 is 5.60 Å². The Kier molecular flexibility index (Phi) is 7.07. The van der Waals surface area contributed by atoms with Crippen LogP contribution in [0.25, 0.3) is 5.57 Å². The second kappa shape index (κ2) is 10.3. The molecule has 0 spiro atoms. The molecule has 1 saturated heterocycles. The molecule has 1 atom stereocenters. The number of hydrogen-bond donors (Lipinski definition) is 1. The van der Waals surface area contributed by atoms with Gasteiger partial charge >= 0.3 is 0 Å². The molecule has 3 heterocycles. The molecule has 2 aliphatic heterocycles. The summed E-state index contributed by atoms with van der Waals surface area (Å²) in [6.07, 6.45) is 5.06. The zero-order valence-electron chi connectivity index (χ0n) is 21.2. The van der Waals surface area contributed by atoms with Crippen LogP contribution < -0.4 is 9.64 Å². The Morgan fingerprint density at radius 2 is 1.92 bits per heavy atom. The van der Waals surface area contributed by atoms with Gasteiger partial charge in [-0.25, -0.2) is 0 Å². The van der Waals surface area contributed by atoms with Gasteiger partial charge in [-0.3, -0.25) is 9.88 Å². The zero-order valence-corrected chi connectivity index (χ0v) is 22.0. The van der Waals surface area contributed by atoms with E-state index in [-0.39, 0.29) is 0 Å². The summed E-state index contributed by atoms with van der Waals surface area (Å²) in [5.41, 5.74) is 5.36. The number of ether oxygens (including phenoxy) is 1. The topological polar surface area (TPSA) is 48.8 Å². The monoisotopic (exact) mass is 503 g/mol. The van der Waals surface area contributed by atoms with Crippen molar-refractivity contribution in [1.82, 2.24) is 9.88 Å². The Morgan fingerprint density at radius 1 is 1.11 bits per heavy atom. The average molecular weight is 504 g/mol. The van der Waals surface area contributed by atoms with Gasteiger partial charge in [0.05, 0.1) is 11.3 Å². The molecule has 5 rings (SSSR count). The highest BCUT2D eigenvalue weighted by atomic mass is 35.5. The average Bonchev–Trinajstić information content (AvgIpc) is 3.01. The Balaban J connectivity index is 1.35. The van der Waals surface area contributed by atoms with Gasteiger partial charge in [0.15, 0.2) is 0 Å². The van der Waals surface area contributed by atoms with E-state index in [2.05, 4.69) is 52.0 Å². The largest absolute Gasteiger partial charge is 0.487 e. The zero-order chi connectivity index (χ0) is 25.3. The number of anilines is 1. The number of pyridine rings is 1. The molecule has 3 aromatic rings. The van der Waals surface area contributed by atoms with Gasteiger partial charge in [0.2, 0.25) is 0 Å². The van der Waals surface area contributed by atoms with Gasteiger partial charge in [-0.05, 0) is 80.8 Å². The number of rotatable bonds is 5. The number of piperazine rings is 1. The Labute approximate surface area is 219 Å². The van der Waals surface area contributed by atoms with E-state index in [4.69, 9.17) is 16.3 Å². The van der Waals surface area contributed by atoms with Gasteiger partial charge in [-0.2, -0.15) is 0 Å². The van der Waals surface area contributed by atoms with Crippen LogP contribution in [0.1, 0.15) is 49.6 Å². The predicted molar refractivity (Wildman–Crippen MR) is 147 cm³/mol. The van der Waals surface area contributed by atoms with Gasteiger partial charge < -0.3 is 14.7 Å². The fraction of sp³-hybridized carbons (Fsp3) is 0.367. The first kappa shape index (κ1) is 24.8. The highest BCUT2D eigenvalue weighted by Crippen LogP contribution is 2.38. The van der Waals surface area contributed by atoms with Gasteiger partial charge in [0.25, 0.3) is 0 Å². The van der Waals surface area contributed by atoms with Gasteiger partial charge in [0.1, 0.15) is 12.4 Å². The number of benzene rings is 2. The van der Waals surface area contributed by atoms with Crippen molar-refractivity contribution in [2.75, 3.05) is 31.1 Å². The molecule has 1 aromatic heterocycles. The van der Waals surface area contributed by atoms with Crippen molar-refractivity contribution in [2.45, 2.75) is 45.4 Å². The molecule has 0 aliphatic carbocycles. The molecule has 36 heavy (non-hydrogen) atoms. The summed E-state index contributed by atoms with van der Waals surface area (Å²) in [5, 5.41) is 11.4. The SMILES string of the molecule is C[C@@H]1CN(CCC=C2c3cc(C(C)(C)O)ccc3OCc3ncccc32)CCN1c1ccc(Cl)cc1. The number of aromatic nitrogens is 1. The van der Waals surface area contributed by atoms with E-state index in [9.17, 15) is 5.11 Å². The second-order valence-electron chi connectivity index (χ2n) is 10.3. The fourth-order valence-electron chi connectivity index (χ4n) is 5.20. The van der Waals surface area contributed by atoms with Crippen molar-refractivity contribution in [3.8, 4) is 5.75 Å². The molecule has 5 nitrogen and oxygen atoms in total. The second-order valence-corrected chi connectivity index (χ2v) is 10.7. The van der Waals surface area contributed by atoms with Crippen LogP contribution in [0.4, 0.5) is 5.69 Å². The smallest absolute Gasteiger partial charge is 0.131 e. The van der Waals surface area contributed by atoms with Crippen molar-refractivity contribution >= 4 is 22.9 Å². The van der Waals surface area contributed by atoms with E-state index in [1.54, 1.807) is 0 Å². The quantitative estimate of drug-likeness (QED) is 0.470. The number of fused-ring (bicyclic) bond motifs is 2. The van der Waals surface area contributed by atoms with Crippen molar-refractivity contribution in [1.29, 1.82) is 0 Å². The number of halogens is 1. The molecule has 0 bridgehead atoms. The van der Waals surface area contributed by atoms with Crippen LogP contribution in [0.3, 0.4) is 0 Å². The maximum atomic E-state index is 10.6. The van der Waals surface area contributed by atoms with E-state index in [0.717, 1.165) is 71.3 Å². The molecule has 0 radical (unpaired) electrons. The lowest BCUT2D eigenvalue weighted by molar-refractivity contribution is 0.0785. The lowest BCUT2D eigenvalue weighted by Gasteiger charge is -2.41. The molecular formula is C30H34ClN3O2. The Hall–Kier alpha value is -2.86. The third kappa shape index (κ3) is 5.29. The molecule has 1 fully saturated rings. The van der Waals surface area contributed by atoms with Crippen LogP contribution >= 0.6 is 11.6 Å². The molecule has 188 valence electrons. The van der Waals surface area contributed by atoms with Crippen molar-refractivity contribution in [2.24, 2.45) is 0 Å². The maximum Gasteiger partial charge on any atom is 0.131 e. The highest BCUT2D eigenvalue weighted by molar-refractivity contribution is 6.30. The standard InChI is InChI=1S/C30H34ClN3O2/c1-21-19-33(16-17-34(21)24-11-9-23(31)10-12-24)15-5-7-25-26-6-4-14-32-28(26)20-36-29-13-8-22(18-27(25)29)30(2,3)35/h4,6-14,18,21,35H,5,15-17,19-20H2,1-3H3/t21-/m1/s1. The normalized spacial score (nSPS) is 19.4. The van der Waals surface area contributed by atoms with Crippen molar-refractivity contribution in [3.05, 3.63) is 94.3 Å². The Bertz CT molecular complexity index is 1250. The third-order valence-corrected chi connectivity index (χ3v) is 7.44. The molecule has 6 heteroatoms. The molecule has 2 aliphatic rings. The summed E-state index contributed by atoms with van der Waals surface area (Å²) < 4.78 is 6.14. The predicted octanol–water partition coefficient (Wildman–Crippen LogP) is 5.89. The Morgan fingerprint density at radius 3 is 2.67 bits per heavy atom. The fourth-order valence-corrected chi connectivity index (χ4v) is 5.33. The van der Waals surface area contributed by atoms with Crippen LogP contribution in [0.2, 0.25) is 5.02 Å². The van der Waals surface area contributed by atoms with Crippen LogP contribution in [0, 0.1) is 0 Å². The van der Waals surface area contributed by atoms with Crippen LogP contribution in [0.15, 0.2) is 66.9 Å². The van der Waals surface area contributed by atoms with Crippen LogP contribution in [-0.4, -0.2) is 47.2 Å². The number of aliphatic hydroxyl groups is 1. The van der Waals surface area contributed by atoms with E-state index >= 15 is 0 Å². The first-order valence-corrected chi connectivity index (χ1v) is 13.1. The van der Waals surface area contributed by atoms with E-state index in [1.807, 2.05) is 50.4 Å². The lowest BCUT2D eigenvalue weighted by Crippen LogP contribution is -2.52. The summed E-state index contributed by atoms with van der Waals surface area (Å²) in [6.45, 7) is 10.4. The first-order valence-electron chi connectivity index (χ1n) is 12.7. The van der Waals surface area contributed by atoms with Gasteiger partial charge in [-0.1, -0.05) is 29.8 Å². The number of hydrogen-bond acceptors (Lipinski definition) is 5. The third-order valence-electron chi connectivity index (χ3n) is 7.18. The highest BCUT2D eigenvalue weighted by Gasteiger charge is 2.25. The van der Waals surface area contributed by atoms with Crippen LogP contribution in [0.5, 0.6) is 5.75 Å². The summed E-state index contributed by atoms with van der Waals surface area (Å²) >= 11 is 6.08. The summed E-state index contributed by atoms with van der Waals surface area (Å²) in [6, 6.07) is 18.7. The van der Waals surface area contributed by atoms with Crippen LogP contribution in [-0.2, 0) is 12.2 Å². The van der Waals surface area contributed by atoms with Gasteiger partial charge in [0, 0.05) is 60.3 Å². The van der Waals surface area contributed by atoms with Crippen molar-refractivity contribution in [3.63, 3.8) is 0 Å². The minimum absolute atomic E-state index is 0.429. The molecule has 1 N–H and O–H groups in total. The summed E-state index contributed by atoms with van der Waals surface area (Å²) in [5.74, 6) is 0.831. The molecule has 0 unspecified atom stereocenters. The number of nitrogens with zero attached hydrogens (tertiary/aromatic N) is 3. The minimum Gasteiger partial charge on any atom is -0.487 e. The van der Waals surface area contributed by atoms with Crippen molar-refractivity contribution < 1.29 is 9.84 Å². The molecule has 0 amide bonds. The molecule has 2 aromatic carbocycles. The van der Waals surface area contributed by atoms with Gasteiger partial charge in [-0.15, -0.1) is 0 Å². The lowest BCUT2D eigenvalue weighted by atomic mass is 9.90. The summed E-state index contributed by atoms with van der Waals surface area (Å²) in [4.78, 5) is 9.60. The molecule has 0 saturated carbocycles. The van der Waals surface area contributed by atoms with E-state index in [0.29, 0.717) is 12.6 Å². The maximum absolute atomic E-state index is 10.6. The molecular weight excluding hydrogens is 470 g/mol. The first-order chi connectivity index (χ1) is 17.3. The summed E-state index contributed by atoms with van der Waals surface area (Å²) in [7, 11) is 0.